The van der Waals surface area contributed by atoms with Crippen LogP contribution >= 0.6 is 0 Å². The third-order valence-corrected chi connectivity index (χ3v) is 2.61. The molecule has 1 aliphatic rings. The van der Waals surface area contributed by atoms with Crippen molar-refractivity contribution in [1.29, 1.82) is 0 Å². The van der Waals surface area contributed by atoms with Gasteiger partial charge >= 0.3 is 0 Å². The fraction of sp³-hybridized carbons (Fsp3) is 0.818. The molecule has 1 rings (SSSR count). The first-order valence-electron chi connectivity index (χ1n) is 5.15. The largest absolute Gasteiger partial charge is 0.374 e. The SMILES string of the molecule is CC#CCC(NC)C1CN(C)CCO1. The predicted octanol–water partition coefficient (Wildman–Crippen LogP) is 0.318. The van der Waals surface area contributed by atoms with Crippen LogP contribution in [0.2, 0.25) is 0 Å². The highest BCUT2D eigenvalue weighted by Crippen LogP contribution is 2.09. The molecule has 2 unspecified atom stereocenters. The maximum absolute atomic E-state index is 5.73. The number of hydrogen-bond donors (Lipinski definition) is 1. The first kappa shape index (κ1) is 11.5. The van der Waals surface area contributed by atoms with Crippen molar-refractivity contribution in [2.75, 3.05) is 33.8 Å². The minimum atomic E-state index is 0.277. The molecule has 0 spiro atoms. The Labute approximate surface area is 86.8 Å². The van der Waals surface area contributed by atoms with E-state index in [2.05, 4.69) is 29.1 Å². The van der Waals surface area contributed by atoms with Gasteiger partial charge in [-0.1, -0.05) is 0 Å². The van der Waals surface area contributed by atoms with Gasteiger partial charge < -0.3 is 15.0 Å². The Morgan fingerprint density at radius 1 is 1.64 bits per heavy atom. The first-order chi connectivity index (χ1) is 6.77. The molecule has 3 nitrogen and oxygen atoms in total. The van der Waals surface area contributed by atoms with Gasteiger partial charge in [-0.2, -0.15) is 0 Å². The summed E-state index contributed by atoms with van der Waals surface area (Å²) in [6.45, 7) is 4.74. The zero-order valence-electron chi connectivity index (χ0n) is 9.34. The average Bonchev–Trinajstić information content (AvgIpc) is 2.19. The second kappa shape index (κ2) is 6.02. The summed E-state index contributed by atoms with van der Waals surface area (Å²) in [5.74, 6) is 6.02. The van der Waals surface area contributed by atoms with Crippen LogP contribution in [0.25, 0.3) is 0 Å². The van der Waals surface area contributed by atoms with Crippen molar-refractivity contribution in [2.45, 2.75) is 25.5 Å². The van der Waals surface area contributed by atoms with Crippen LogP contribution in [0.4, 0.5) is 0 Å². The predicted molar refractivity (Wildman–Crippen MR) is 58.2 cm³/mol. The lowest BCUT2D eigenvalue weighted by Gasteiger charge is -2.34. The van der Waals surface area contributed by atoms with Gasteiger partial charge in [0.25, 0.3) is 0 Å². The van der Waals surface area contributed by atoms with Gasteiger partial charge in [-0.3, -0.25) is 0 Å². The molecule has 0 aromatic carbocycles. The van der Waals surface area contributed by atoms with Gasteiger partial charge in [0.15, 0.2) is 0 Å². The van der Waals surface area contributed by atoms with E-state index in [1.54, 1.807) is 0 Å². The molecule has 1 saturated heterocycles. The smallest absolute Gasteiger partial charge is 0.0864 e. The van der Waals surface area contributed by atoms with E-state index in [0.717, 1.165) is 26.1 Å². The van der Waals surface area contributed by atoms with Crippen molar-refractivity contribution in [3.8, 4) is 11.8 Å². The summed E-state index contributed by atoms with van der Waals surface area (Å²) < 4.78 is 5.73. The summed E-state index contributed by atoms with van der Waals surface area (Å²) in [5, 5.41) is 3.27. The number of morpholine rings is 1. The number of nitrogens with zero attached hydrogens (tertiary/aromatic N) is 1. The number of nitrogens with one attached hydrogen (secondary N) is 1. The maximum atomic E-state index is 5.73. The normalized spacial score (nSPS) is 25.2. The molecule has 1 heterocycles. The fourth-order valence-electron chi connectivity index (χ4n) is 1.69. The Balaban J connectivity index is 2.44. The van der Waals surface area contributed by atoms with E-state index in [1.807, 2.05) is 14.0 Å². The van der Waals surface area contributed by atoms with E-state index in [4.69, 9.17) is 4.74 Å². The molecule has 0 bridgehead atoms. The molecule has 2 atom stereocenters. The second-order valence-electron chi connectivity index (χ2n) is 3.70. The molecule has 3 heteroatoms. The topological polar surface area (TPSA) is 24.5 Å². The Kier molecular flexibility index (Phi) is 4.95. The molecular formula is C11H20N2O. The minimum absolute atomic E-state index is 0.277. The highest BCUT2D eigenvalue weighted by atomic mass is 16.5. The molecule has 1 fully saturated rings. The van der Waals surface area contributed by atoms with E-state index < -0.39 is 0 Å². The molecule has 0 aliphatic carbocycles. The molecule has 0 aromatic heterocycles. The van der Waals surface area contributed by atoms with Crippen molar-refractivity contribution in [1.82, 2.24) is 10.2 Å². The molecule has 0 amide bonds. The van der Waals surface area contributed by atoms with E-state index in [-0.39, 0.29) is 6.10 Å². The minimum Gasteiger partial charge on any atom is -0.374 e. The van der Waals surface area contributed by atoms with Gasteiger partial charge in [0.2, 0.25) is 0 Å². The fourth-order valence-corrected chi connectivity index (χ4v) is 1.69. The third-order valence-electron chi connectivity index (χ3n) is 2.61. The van der Waals surface area contributed by atoms with Crippen molar-refractivity contribution in [3.05, 3.63) is 0 Å². The van der Waals surface area contributed by atoms with E-state index in [0.29, 0.717) is 6.04 Å². The maximum Gasteiger partial charge on any atom is 0.0864 e. The molecule has 0 aromatic rings. The molecule has 80 valence electrons. The summed E-state index contributed by atoms with van der Waals surface area (Å²) >= 11 is 0. The van der Waals surface area contributed by atoms with Crippen molar-refractivity contribution >= 4 is 0 Å². The number of ether oxygens (including phenoxy) is 1. The molecule has 14 heavy (non-hydrogen) atoms. The van der Waals surface area contributed by atoms with Gasteiger partial charge in [0, 0.05) is 25.6 Å². The summed E-state index contributed by atoms with van der Waals surface area (Å²) in [6.07, 6.45) is 1.14. The van der Waals surface area contributed by atoms with Gasteiger partial charge in [0.05, 0.1) is 12.7 Å². The lowest BCUT2D eigenvalue weighted by atomic mass is 10.1. The first-order valence-corrected chi connectivity index (χ1v) is 5.15. The number of rotatable bonds is 3. The van der Waals surface area contributed by atoms with Crippen molar-refractivity contribution in [3.63, 3.8) is 0 Å². The second-order valence-corrected chi connectivity index (χ2v) is 3.70. The van der Waals surface area contributed by atoms with Gasteiger partial charge in [-0.15, -0.1) is 11.8 Å². The highest BCUT2D eigenvalue weighted by Gasteiger charge is 2.24. The van der Waals surface area contributed by atoms with E-state index in [9.17, 15) is 0 Å². The standard InChI is InChI=1S/C11H20N2O/c1-4-5-6-10(12-2)11-9-13(3)7-8-14-11/h10-12H,6-9H2,1-3H3. The van der Waals surface area contributed by atoms with Gasteiger partial charge in [0.1, 0.15) is 0 Å². The van der Waals surface area contributed by atoms with Crippen LogP contribution in [0.5, 0.6) is 0 Å². The quantitative estimate of drug-likeness (QED) is 0.658. The van der Waals surface area contributed by atoms with Gasteiger partial charge in [-0.25, -0.2) is 0 Å². The molecule has 1 aliphatic heterocycles. The Morgan fingerprint density at radius 3 is 3.00 bits per heavy atom. The van der Waals surface area contributed by atoms with Gasteiger partial charge in [-0.05, 0) is 21.0 Å². The summed E-state index contributed by atoms with van der Waals surface area (Å²) in [7, 11) is 4.10. The Morgan fingerprint density at radius 2 is 2.43 bits per heavy atom. The Bertz CT molecular complexity index is 219. The van der Waals surface area contributed by atoms with Crippen LogP contribution in [0.3, 0.4) is 0 Å². The third kappa shape index (κ3) is 3.30. The lowest BCUT2D eigenvalue weighted by molar-refractivity contribution is -0.0364. The molecule has 1 N–H and O–H groups in total. The van der Waals surface area contributed by atoms with E-state index >= 15 is 0 Å². The zero-order valence-corrected chi connectivity index (χ0v) is 9.34. The van der Waals surface area contributed by atoms with Crippen LogP contribution in [0, 0.1) is 11.8 Å². The number of hydrogen-bond acceptors (Lipinski definition) is 3. The summed E-state index contributed by atoms with van der Waals surface area (Å²) in [5.41, 5.74) is 0. The average molecular weight is 196 g/mol. The molecule has 0 radical (unpaired) electrons. The van der Waals surface area contributed by atoms with Crippen LogP contribution < -0.4 is 5.32 Å². The lowest BCUT2D eigenvalue weighted by Crippen LogP contribution is -2.50. The zero-order chi connectivity index (χ0) is 10.4. The molecular weight excluding hydrogens is 176 g/mol. The van der Waals surface area contributed by atoms with Crippen LogP contribution in [-0.2, 0) is 4.74 Å². The summed E-state index contributed by atoms with van der Waals surface area (Å²) in [6, 6.07) is 0.352. The van der Waals surface area contributed by atoms with Crippen molar-refractivity contribution in [2.24, 2.45) is 0 Å². The molecule has 0 saturated carbocycles. The number of likely N-dealkylation sites (N-methyl/N-ethyl adjacent to an activating group) is 2. The summed E-state index contributed by atoms with van der Waals surface area (Å²) in [4.78, 5) is 2.30. The van der Waals surface area contributed by atoms with Crippen LogP contribution in [-0.4, -0.2) is 50.8 Å². The monoisotopic (exact) mass is 196 g/mol. The van der Waals surface area contributed by atoms with Crippen LogP contribution in [0.15, 0.2) is 0 Å². The van der Waals surface area contributed by atoms with E-state index in [1.165, 1.54) is 0 Å². The highest BCUT2D eigenvalue weighted by molar-refractivity contribution is 5.00. The van der Waals surface area contributed by atoms with Crippen LogP contribution in [0.1, 0.15) is 13.3 Å². The Hall–Kier alpha value is -0.560. The van der Waals surface area contributed by atoms with Crippen molar-refractivity contribution < 1.29 is 4.74 Å².